The molecule has 0 bridgehead atoms. The summed E-state index contributed by atoms with van der Waals surface area (Å²) in [5.41, 5.74) is 3.02. The van der Waals surface area contributed by atoms with Gasteiger partial charge in [-0.3, -0.25) is 4.79 Å². The van der Waals surface area contributed by atoms with Crippen molar-refractivity contribution in [2.45, 2.75) is 19.4 Å². The van der Waals surface area contributed by atoms with Gasteiger partial charge in [-0.05, 0) is 41.3 Å². The smallest absolute Gasteiger partial charge is 0.334 e. The van der Waals surface area contributed by atoms with Crippen LogP contribution in [0.4, 0.5) is 0 Å². The molecule has 4 heteroatoms. The minimum atomic E-state index is -0.384. The van der Waals surface area contributed by atoms with Crippen molar-refractivity contribution in [3.63, 3.8) is 0 Å². The van der Waals surface area contributed by atoms with E-state index in [1.165, 1.54) is 0 Å². The standard InChI is InChI=1S/C28H26O4/c1-19-17-24(28(30)32-18-20-9-5-3-6-10-20)26(21-11-7-4-8-12-21)25(19)27(29)22-13-15-23(31-2)16-14-22/h3-17,19,25-26H,18H2,1-2H3/t19-,25+,26+/m0/s1. The first-order valence-corrected chi connectivity index (χ1v) is 10.7. The van der Waals surface area contributed by atoms with E-state index in [9.17, 15) is 9.59 Å². The van der Waals surface area contributed by atoms with Gasteiger partial charge in [-0.2, -0.15) is 0 Å². The molecule has 0 spiro atoms. The van der Waals surface area contributed by atoms with Crippen molar-refractivity contribution in [1.29, 1.82) is 0 Å². The number of ketones is 1. The van der Waals surface area contributed by atoms with Gasteiger partial charge in [0.1, 0.15) is 12.4 Å². The highest BCUT2D eigenvalue weighted by molar-refractivity contribution is 6.02. The zero-order chi connectivity index (χ0) is 22.5. The molecule has 0 aromatic heterocycles. The van der Waals surface area contributed by atoms with E-state index < -0.39 is 0 Å². The van der Waals surface area contributed by atoms with Crippen molar-refractivity contribution in [2.24, 2.45) is 11.8 Å². The Morgan fingerprint density at radius 3 is 2.09 bits per heavy atom. The van der Waals surface area contributed by atoms with Gasteiger partial charge in [0.15, 0.2) is 5.78 Å². The lowest BCUT2D eigenvalue weighted by Crippen LogP contribution is -2.26. The number of Topliss-reactive ketones (excluding diaryl/α,β-unsaturated/α-hetero) is 1. The van der Waals surface area contributed by atoms with Crippen molar-refractivity contribution in [3.8, 4) is 5.75 Å². The Hall–Kier alpha value is -3.66. The van der Waals surface area contributed by atoms with E-state index in [1.807, 2.05) is 73.7 Å². The molecule has 3 aromatic carbocycles. The highest BCUT2D eigenvalue weighted by atomic mass is 16.5. The molecule has 1 aliphatic rings. The second-order valence-electron chi connectivity index (χ2n) is 8.05. The first-order chi connectivity index (χ1) is 15.6. The number of hydrogen-bond donors (Lipinski definition) is 0. The lowest BCUT2D eigenvalue weighted by atomic mass is 9.77. The molecule has 3 aromatic rings. The first-order valence-electron chi connectivity index (χ1n) is 10.7. The monoisotopic (exact) mass is 426 g/mol. The summed E-state index contributed by atoms with van der Waals surface area (Å²) in [6.45, 7) is 2.18. The Labute approximate surface area is 188 Å². The summed E-state index contributed by atoms with van der Waals surface area (Å²) in [7, 11) is 1.60. The Kier molecular flexibility index (Phi) is 6.50. The fourth-order valence-electron chi connectivity index (χ4n) is 4.37. The van der Waals surface area contributed by atoms with Crippen LogP contribution in [0.15, 0.2) is 96.6 Å². The lowest BCUT2D eigenvalue weighted by Gasteiger charge is -2.24. The Morgan fingerprint density at radius 1 is 0.844 bits per heavy atom. The first kappa shape index (κ1) is 21.6. The Balaban J connectivity index is 1.62. The number of carbonyl (C=O) groups is 2. The molecule has 0 aliphatic heterocycles. The SMILES string of the molecule is COc1ccc(C(=O)[C@@H]2[C@@H](C)C=C(C(=O)OCc3ccccc3)[C@H]2c2ccccc2)cc1. The predicted octanol–water partition coefficient (Wildman–Crippen LogP) is 5.60. The molecule has 4 rings (SSSR count). The second-order valence-corrected chi connectivity index (χ2v) is 8.05. The number of esters is 1. The molecule has 0 unspecified atom stereocenters. The van der Waals surface area contributed by atoms with Crippen LogP contribution in [0.1, 0.15) is 34.3 Å². The number of allylic oxidation sites excluding steroid dienone is 1. The summed E-state index contributed by atoms with van der Waals surface area (Å²) in [5.74, 6) is -0.511. The van der Waals surface area contributed by atoms with Crippen LogP contribution >= 0.6 is 0 Å². The number of ether oxygens (including phenoxy) is 2. The highest BCUT2D eigenvalue weighted by Crippen LogP contribution is 2.45. The van der Waals surface area contributed by atoms with Crippen LogP contribution in [-0.2, 0) is 16.1 Å². The van der Waals surface area contributed by atoms with E-state index in [1.54, 1.807) is 31.4 Å². The molecule has 0 radical (unpaired) electrons. The summed E-state index contributed by atoms with van der Waals surface area (Å²) in [6.07, 6.45) is 1.90. The maximum Gasteiger partial charge on any atom is 0.334 e. The van der Waals surface area contributed by atoms with Gasteiger partial charge in [0.25, 0.3) is 0 Å². The fraction of sp³-hybridized carbons (Fsp3) is 0.214. The fourth-order valence-corrected chi connectivity index (χ4v) is 4.37. The zero-order valence-corrected chi connectivity index (χ0v) is 18.2. The van der Waals surface area contributed by atoms with E-state index in [2.05, 4.69) is 0 Å². The maximum atomic E-state index is 13.6. The average Bonchev–Trinajstić information content (AvgIpc) is 3.20. The molecular weight excluding hydrogens is 400 g/mol. The number of hydrogen-bond acceptors (Lipinski definition) is 4. The molecule has 0 saturated heterocycles. The molecule has 0 saturated carbocycles. The van der Waals surface area contributed by atoms with Gasteiger partial charge in [-0.15, -0.1) is 0 Å². The molecule has 0 heterocycles. The average molecular weight is 427 g/mol. The quantitative estimate of drug-likeness (QED) is 0.365. The summed E-state index contributed by atoms with van der Waals surface area (Å²) < 4.78 is 10.9. The summed E-state index contributed by atoms with van der Waals surface area (Å²) >= 11 is 0. The molecule has 0 N–H and O–H groups in total. The highest BCUT2D eigenvalue weighted by Gasteiger charge is 2.43. The molecule has 4 nitrogen and oxygen atoms in total. The van der Waals surface area contributed by atoms with Gasteiger partial charge >= 0.3 is 5.97 Å². The maximum absolute atomic E-state index is 13.6. The van der Waals surface area contributed by atoms with E-state index in [0.717, 1.165) is 11.1 Å². The minimum absolute atomic E-state index is 0.0103. The van der Waals surface area contributed by atoms with Crippen LogP contribution in [0.5, 0.6) is 5.75 Å². The third kappa shape index (κ3) is 4.50. The van der Waals surface area contributed by atoms with Crippen molar-refractivity contribution in [3.05, 3.63) is 113 Å². The van der Waals surface area contributed by atoms with Gasteiger partial charge < -0.3 is 9.47 Å². The van der Waals surface area contributed by atoms with Crippen molar-refractivity contribution < 1.29 is 19.1 Å². The van der Waals surface area contributed by atoms with Crippen LogP contribution in [0.2, 0.25) is 0 Å². The third-order valence-corrected chi connectivity index (χ3v) is 5.99. The molecule has 3 atom stereocenters. The number of carbonyl (C=O) groups excluding carboxylic acids is 2. The van der Waals surface area contributed by atoms with E-state index >= 15 is 0 Å². The number of rotatable bonds is 7. The normalized spacial score (nSPS) is 19.8. The van der Waals surface area contributed by atoms with Crippen LogP contribution in [0.3, 0.4) is 0 Å². The van der Waals surface area contributed by atoms with Gasteiger partial charge in [-0.1, -0.05) is 73.7 Å². The molecule has 162 valence electrons. The van der Waals surface area contributed by atoms with Crippen LogP contribution in [-0.4, -0.2) is 18.9 Å². The minimum Gasteiger partial charge on any atom is -0.497 e. The van der Waals surface area contributed by atoms with E-state index in [4.69, 9.17) is 9.47 Å². The van der Waals surface area contributed by atoms with Gasteiger partial charge in [-0.25, -0.2) is 4.79 Å². The van der Waals surface area contributed by atoms with Crippen LogP contribution in [0, 0.1) is 11.8 Å². The van der Waals surface area contributed by atoms with Crippen molar-refractivity contribution >= 4 is 11.8 Å². The van der Waals surface area contributed by atoms with Gasteiger partial charge in [0, 0.05) is 23.0 Å². The molecule has 1 aliphatic carbocycles. The lowest BCUT2D eigenvalue weighted by molar-refractivity contribution is -0.140. The molecule has 0 fully saturated rings. The topological polar surface area (TPSA) is 52.6 Å². The van der Waals surface area contributed by atoms with Crippen LogP contribution in [0.25, 0.3) is 0 Å². The molecular formula is C28H26O4. The predicted molar refractivity (Wildman–Crippen MR) is 123 cm³/mol. The summed E-state index contributed by atoms with van der Waals surface area (Å²) in [5, 5.41) is 0. The van der Waals surface area contributed by atoms with E-state index in [0.29, 0.717) is 16.9 Å². The summed E-state index contributed by atoms with van der Waals surface area (Å²) in [4.78, 5) is 26.7. The van der Waals surface area contributed by atoms with Gasteiger partial charge in [0.05, 0.1) is 7.11 Å². The number of benzene rings is 3. The Morgan fingerprint density at radius 2 is 1.47 bits per heavy atom. The van der Waals surface area contributed by atoms with Gasteiger partial charge in [0.2, 0.25) is 0 Å². The molecule has 32 heavy (non-hydrogen) atoms. The second kappa shape index (κ2) is 9.65. The zero-order valence-electron chi connectivity index (χ0n) is 18.2. The van der Waals surface area contributed by atoms with Crippen LogP contribution < -0.4 is 4.74 Å². The van der Waals surface area contributed by atoms with Crippen molar-refractivity contribution in [1.82, 2.24) is 0 Å². The summed E-state index contributed by atoms with van der Waals surface area (Å²) in [6, 6.07) is 26.4. The third-order valence-electron chi connectivity index (χ3n) is 5.99. The largest absolute Gasteiger partial charge is 0.497 e. The Bertz CT molecular complexity index is 1100. The molecule has 0 amide bonds. The van der Waals surface area contributed by atoms with E-state index in [-0.39, 0.29) is 36.1 Å². The van der Waals surface area contributed by atoms with Crippen molar-refractivity contribution in [2.75, 3.05) is 7.11 Å². The number of methoxy groups -OCH3 is 1.